The average Bonchev–Trinajstić information content (AvgIpc) is 2.41. The van der Waals surface area contributed by atoms with Gasteiger partial charge < -0.3 is 14.8 Å². The van der Waals surface area contributed by atoms with Crippen molar-refractivity contribution in [3.8, 4) is 0 Å². The Balaban J connectivity index is 1.91. The molecule has 1 aliphatic rings. The molecule has 0 aliphatic carbocycles. The minimum absolute atomic E-state index is 0.426. The van der Waals surface area contributed by atoms with Gasteiger partial charge in [0.25, 0.3) is 0 Å². The largest absolute Gasteiger partial charge is 0.382 e. The number of methoxy groups -OCH3 is 1. The molecule has 0 radical (unpaired) electrons. The van der Waals surface area contributed by atoms with Gasteiger partial charge in [-0.25, -0.2) is 0 Å². The van der Waals surface area contributed by atoms with Gasteiger partial charge in [0, 0.05) is 13.7 Å². The molecule has 1 atom stereocenters. The molecule has 1 rings (SSSR count). The first-order valence-electron chi connectivity index (χ1n) is 3.74. The van der Waals surface area contributed by atoms with Crippen molar-refractivity contribution >= 4 is 0 Å². The summed E-state index contributed by atoms with van der Waals surface area (Å²) >= 11 is 0. The van der Waals surface area contributed by atoms with Crippen molar-refractivity contribution in [1.29, 1.82) is 0 Å². The van der Waals surface area contributed by atoms with Crippen LogP contribution in [0.3, 0.4) is 0 Å². The summed E-state index contributed by atoms with van der Waals surface area (Å²) in [6, 6.07) is 0. The molecule has 3 nitrogen and oxygen atoms in total. The van der Waals surface area contributed by atoms with Crippen LogP contribution in [0.25, 0.3) is 0 Å². The van der Waals surface area contributed by atoms with Crippen molar-refractivity contribution in [2.75, 3.05) is 33.4 Å². The number of hydrogen-bond acceptors (Lipinski definition) is 3. The Labute approximate surface area is 61.7 Å². The Morgan fingerprint density at radius 2 is 2.40 bits per heavy atom. The lowest BCUT2D eigenvalue weighted by atomic mass is 10.3. The summed E-state index contributed by atoms with van der Waals surface area (Å²) < 4.78 is 10.3. The van der Waals surface area contributed by atoms with Gasteiger partial charge in [-0.05, 0) is 13.0 Å². The van der Waals surface area contributed by atoms with Crippen LogP contribution in [-0.2, 0) is 9.47 Å². The normalized spacial score (nSPS) is 25.5. The molecular formula is C7H15NO2. The van der Waals surface area contributed by atoms with Crippen molar-refractivity contribution < 1.29 is 9.47 Å². The topological polar surface area (TPSA) is 30.5 Å². The maximum Gasteiger partial charge on any atom is 0.0712 e. The lowest BCUT2D eigenvalue weighted by Gasteiger charge is -2.08. The van der Waals surface area contributed by atoms with Gasteiger partial charge in [-0.1, -0.05) is 0 Å². The van der Waals surface area contributed by atoms with Crippen LogP contribution in [0.15, 0.2) is 0 Å². The zero-order valence-corrected chi connectivity index (χ0v) is 6.43. The summed E-state index contributed by atoms with van der Waals surface area (Å²) in [5, 5.41) is 3.23. The second-order valence-corrected chi connectivity index (χ2v) is 2.48. The van der Waals surface area contributed by atoms with Gasteiger partial charge >= 0.3 is 0 Å². The van der Waals surface area contributed by atoms with E-state index >= 15 is 0 Å². The highest BCUT2D eigenvalue weighted by atomic mass is 16.5. The summed E-state index contributed by atoms with van der Waals surface area (Å²) in [5.41, 5.74) is 0. The number of ether oxygens (including phenoxy) is 2. The van der Waals surface area contributed by atoms with E-state index in [1.54, 1.807) is 7.11 Å². The second kappa shape index (κ2) is 4.66. The molecule has 1 aliphatic heterocycles. The van der Waals surface area contributed by atoms with Crippen molar-refractivity contribution in [2.24, 2.45) is 0 Å². The summed E-state index contributed by atoms with van der Waals surface area (Å²) in [6.45, 7) is 3.53. The molecule has 0 saturated carbocycles. The summed E-state index contributed by atoms with van der Waals surface area (Å²) in [4.78, 5) is 0. The standard InChI is InChI=1S/C7H15NO2/c1-9-4-5-10-7-2-3-8-6-7/h7-8H,2-6H2,1H3. The summed E-state index contributed by atoms with van der Waals surface area (Å²) in [5.74, 6) is 0. The van der Waals surface area contributed by atoms with E-state index in [0.29, 0.717) is 12.7 Å². The van der Waals surface area contributed by atoms with Gasteiger partial charge in [-0.3, -0.25) is 0 Å². The molecule has 0 aromatic carbocycles. The van der Waals surface area contributed by atoms with E-state index < -0.39 is 0 Å². The lowest BCUT2D eigenvalue weighted by molar-refractivity contribution is 0.0272. The van der Waals surface area contributed by atoms with Crippen LogP contribution in [-0.4, -0.2) is 39.5 Å². The Bertz CT molecular complexity index is 81.7. The third kappa shape index (κ3) is 2.64. The van der Waals surface area contributed by atoms with Crippen molar-refractivity contribution in [3.63, 3.8) is 0 Å². The molecule has 3 heteroatoms. The van der Waals surface area contributed by atoms with E-state index in [4.69, 9.17) is 9.47 Å². The number of hydrogen-bond donors (Lipinski definition) is 1. The molecule has 0 amide bonds. The average molecular weight is 145 g/mol. The predicted molar refractivity (Wildman–Crippen MR) is 39.1 cm³/mol. The quantitative estimate of drug-likeness (QED) is 0.565. The molecule has 60 valence electrons. The minimum atomic E-state index is 0.426. The number of nitrogens with one attached hydrogen (secondary N) is 1. The lowest BCUT2D eigenvalue weighted by Crippen LogP contribution is -2.18. The first-order chi connectivity index (χ1) is 4.93. The molecule has 0 spiro atoms. The fraction of sp³-hybridized carbons (Fsp3) is 1.00. The first-order valence-corrected chi connectivity index (χ1v) is 3.74. The highest BCUT2D eigenvalue weighted by Gasteiger charge is 2.13. The second-order valence-electron chi connectivity index (χ2n) is 2.48. The van der Waals surface area contributed by atoms with Crippen LogP contribution in [0, 0.1) is 0 Å². The molecule has 1 unspecified atom stereocenters. The molecule has 0 aromatic rings. The van der Waals surface area contributed by atoms with Gasteiger partial charge in [-0.15, -0.1) is 0 Å². The highest BCUT2D eigenvalue weighted by molar-refractivity contribution is 4.70. The van der Waals surface area contributed by atoms with E-state index in [2.05, 4.69) is 5.32 Å². The molecule has 10 heavy (non-hydrogen) atoms. The van der Waals surface area contributed by atoms with Crippen molar-refractivity contribution in [3.05, 3.63) is 0 Å². The summed E-state index contributed by atoms with van der Waals surface area (Å²) in [6.07, 6.45) is 1.57. The van der Waals surface area contributed by atoms with E-state index in [0.717, 1.165) is 26.1 Å². The third-order valence-corrected chi connectivity index (χ3v) is 1.66. The van der Waals surface area contributed by atoms with Gasteiger partial charge in [0.15, 0.2) is 0 Å². The van der Waals surface area contributed by atoms with Crippen LogP contribution in [0.5, 0.6) is 0 Å². The Morgan fingerprint density at radius 1 is 1.50 bits per heavy atom. The van der Waals surface area contributed by atoms with Gasteiger partial charge in [-0.2, -0.15) is 0 Å². The monoisotopic (exact) mass is 145 g/mol. The molecular weight excluding hydrogens is 130 g/mol. The molecule has 1 N–H and O–H groups in total. The molecule has 0 aromatic heterocycles. The van der Waals surface area contributed by atoms with Crippen LogP contribution in [0.4, 0.5) is 0 Å². The maximum atomic E-state index is 5.46. The van der Waals surface area contributed by atoms with Gasteiger partial charge in [0.2, 0.25) is 0 Å². The van der Waals surface area contributed by atoms with E-state index in [-0.39, 0.29) is 0 Å². The zero-order chi connectivity index (χ0) is 7.23. The number of rotatable bonds is 4. The van der Waals surface area contributed by atoms with Crippen LogP contribution in [0.2, 0.25) is 0 Å². The van der Waals surface area contributed by atoms with Crippen molar-refractivity contribution in [2.45, 2.75) is 12.5 Å². The van der Waals surface area contributed by atoms with E-state index in [1.807, 2.05) is 0 Å². The smallest absolute Gasteiger partial charge is 0.0712 e. The van der Waals surface area contributed by atoms with Gasteiger partial charge in [0.05, 0.1) is 19.3 Å². The van der Waals surface area contributed by atoms with Crippen LogP contribution >= 0.6 is 0 Å². The predicted octanol–water partition coefficient (Wildman–Crippen LogP) is 0.0113. The third-order valence-electron chi connectivity index (χ3n) is 1.66. The summed E-state index contributed by atoms with van der Waals surface area (Å²) in [7, 11) is 1.69. The van der Waals surface area contributed by atoms with Crippen LogP contribution in [0.1, 0.15) is 6.42 Å². The SMILES string of the molecule is COCCOC1CCNC1. The highest BCUT2D eigenvalue weighted by Crippen LogP contribution is 2.01. The molecule has 1 saturated heterocycles. The fourth-order valence-corrected chi connectivity index (χ4v) is 1.07. The Kier molecular flexibility index (Phi) is 3.72. The fourth-order valence-electron chi connectivity index (χ4n) is 1.07. The van der Waals surface area contributed by atoms with Gasteiger partial charge in [0.1, 0.15) is 0 Å². The molecule has 1 fully saturated rings. The first kappa shape index (κ1) is 7.98. The Morgan fingerprint density at radius 3 is 3.00 bits per heavy atom. The van der Waals surface area contributed by atoms with Crippen molar-refractivity contribution in [1.82, 2.24) is 5.32 Å². The molecule has 0 bridgehead atoms. The van der Waals surface area contributed by atoms with E-state index in [1.165, 1.54) is 0 Å². The zero-order valence-electron chi connectivity index (χ0n) is 6.43. The Hall–Kier alpha value is -0.120. The maximum absolute atomic E-state index is 5.46. The van der Waals surface area contributed by atoms with E-state index in [9.17, 15) is 0 Å². The molecule has 1 heterocycles. The van der Waals surface area contributed by atoms with Crippen LogP contribution < -0.4 is 5.32 Å². The minimum Gasteiger partial charge on any atom is -0.382 e.